The first kappa shape index (κ1) is 13.7. The Morgan fingerprint density at radius 1 is 1.39 bits per heavy atom. The van der Waals surface area contributed by atoms with Crippen LogP contribution in [-0.4, -0.2) is 11.5 Å². The molecule has 0 amide bonds. The number of rotatable bonds is 5. The molecule has 18 heavy (non-hydrogen) atoms. The van der Waals surface area contributed by atoms with E-state index in [4.69, 9.17) is 10.7 Å². The van der Waals surface area contributed by atoms with Crippen LogP contribution in [0.2, 0.25) is 0 Å². The molecule has 0 aliphatic rings. The van der Waals surface area contributed by atoms with E-state index < -0.39 is 0 Å². The molecule has 96 valence electrons. The van der Waals surface area contributed by atoms with Gasteiger partial charge in [-0.2, -0.15) is 0 Å². The van der Waals surface area contributed by atoms with Gasteiger partial charge in [-0.05, 0) is 18.5 Å². The van der Waals surface area contributed by atoms with Crippen LogP contribution in [0.3, 0.4) is 0 Å². The predicted molar refractivity (Wildman–Crippen MR) is 81.8 cm³/mol. The molecule has 0 aliphatic heterocycles. The Bertz CT molecular complexity index is 506. The van der Waals surface area contributed by atoms with Crippen molar-refractivity contribution < 1.29 is 0 Å². The van der Waals surface area contributed by atoms with Crippen LogP contribution in [0.4, 0.5) is 0 Å². The van der Waals surface area contributed by atoms with E-state index >= 15 is 0 Å². The summed E-state index contributed by atoms with van der Waals surface area (Å²) < 4.78 is 1.09. The summed E-state index contributed by atoms with van der Waals surface area (Å²) in [5.74, 6) is 0.545. The lowest BCUT2D eigenvalue weighted by Gasteiger charge is -2.08. The third-order valence-corrected chi connectivity index (χ3v) is 4.64. The number of thiazole rings is 1. The minimum absolute atomic E-state index is 0.545. The Labute approximate surface area is 120 Å². The molecule has 0 fully saturated rings. The quantitative estimate of drug-likeness (QED) is 0.899. The van der Waals surface area contributed by atoms with Crippen LogP contribution in [0.25, 0.3) is 11.3 Å². The van der Waals surface area contributed by atoms with Crippen molar-refractivity contribution in [1.82, 2.24) is 4.98 Å². The molecular formula is C14H17BrN2S. The van der Waals surface area contributed by atoms with E-state index in [2.05, 4.69) is 34.3 Å². The van der Waals surface area contributed by atoms with Gasteiger partial charge in [0.25, 0.3) is 0 Å². The molecule has 1 unspecified atom stereocenters. The van der Waals surface area contributed by atoms with Crippen LogP contribution in [0.1, 0.15) is 18.4 Å². The number of halogens is 1. The van der Waals surface area contributed by atoms with Crippen molar-refractivity contribution in [3.05, 3.63) is 39.1 Å². The predicted octanol–water partition coefficient (Wildman–Crippen LogP) is 4.10. The Balaban J connectivity index is 2.18. The number of nitrogens with two attached hydrogens (primary N) is 1. The number of hydrogen-bond acceptors (Lipinski definition) is 3. The highest BCUT2D eigenvalue weighted by Gasteiger charge is 2.11. The Hall–Kier alpha value is -0.710. The van der Waals surface area contributed by atoms with E-state index in [9.17, 15) is 0 Å². The number of hydrogen-bond donors (Lipinski definition) is 1. The molecule has 0 bridgehead atoms. The van der Waals surface area contributed by atoms with Crippen molar-refractivity contribution >= 4 is 27.3 Å². The lowest BCUT2D eigenvalue weighted by Crippen LogP contribution is -2.15. The molecule has 2 aromatic rings. The summed E-state index contributed by atoms with van der Waals surface area (Å²) >= 11 is 5.29. The first-order chi connectivity index (χ1) is 8.74. The van der Waals surface area contributed by atoms with Gasteiger partial charge in [0.15, 0.2) is 0 Å². The molecule has 1 atom stereocenters. The number of benzene rings is 1. The van der Waals surface area contributed by atoms with Crippen molar-refractivity contribution in [3.63, 3.8) is 0 Å². The zero-order valence-corrected chi connectivity index (χ0v) is 12.8. The molecule has 0 saturated heterocycles. The molecule has 4 heteroatoms. The molecule has 2 nitrogen and oxygen atoms in total. The molecular weight excluding hydrogens is 308 g/mol. The maximum absolute atomic E-state index is 5.74. The molecule has 1 heterocycles. The largest absolute Gasteiger partial charge is 0.330 e. The summed E-state index contributed by atoms with van der Waals surface area (Å²) in [6.45, 7) is 2.92. The highest BCUT2D eigenvalue weighted by Crippen LogP contribution is 2.29. The van der Waals surface area contributed by atoms with Gasteiger partial charge in [-0.1, -0.05) is 47.5 Å². The van der Waals surface area contributed by atoms with Crippen LogP contribution < -0.4 is 5.73 Å². The average molecular weight is 325 g/mol. The summed E-state index contributed by atoms with van der Waals surface area (Å²) in [7, 11) is 0. The summed E-state index contributed by atoms with van der Waals surface area (Å²) in [6, 6.07) is 8.18. The van der Waals surface area contributed by atoms with Crippen molar-refractivity contribution in [1.29, 1.82) is 0 Å². The summed E-state index contributed by atoms with van der Waals surface area (Å²) in [5.41, 5.74) is 7.95. The third-order valence-electron chi connectivity index (χ3n) is 3.08. The van der Waals surface area contributed by atoms with Crippen LogP contribution in [-0.2, 0) is 6.42 Å². The summed E-state index contributed by atoms with van der Waals surface area (Å²) in [4.78, 5) is 4.71. The highest BCUT2D eigenvalue weighted by molar-refractivity contribution is 9.10. The van der Waals surface area contributed by atoms with Gasteiger partial charge >= 0.3 is 0 Å². The summed E-state index contributed by atoms with van der Waals surface area (Å²) in [5, 5.41) is 3.30. The molecule has 0 aliphatic carbocycles. The Morgan fingerprint density at radius 3 is 2.83 bits per heavy atom. The molecule has 1 aromatic heterocycles. The van der Waals surface area contributed by atoms with Gasteiger partial charge in [0.2, 0.25) is 0 Å². The SMILES string of the molecule is CCC(CN)Cc1nc(-c2ccccc2Br)cs1. The lowest BCUT2D eigenvalue weighted by atomic mass is 10.0. The third kappa shape index (κ3) is 3.19. The lowest BCUT2D eigenvalue weighted by molar-refractivity contribution is 0.518. The minimum atomic E-state index is 0.545. The second-order valence-electron chi connectivity index (χ2n) is 4.32. The van der Waals surface area contributed by atoms with Gasteiger partial charge in [0, 0.05) is 21.8 Å². The second kappa shape index (κ2) is 6.45. The highest BCUT2D eigenvalue weighted by atomic mass is 79.9. The summed E-state index contributed by atoms with van der Waals surface area (Å²) in [6.07, 6.45) is 2.10. The Kier molecular flexibility index (Phi) is 4.92. The van der Waals surface area contributed by atoms with Gasteiger partial charge in [0.1, 0.15) is 0 Å². The fraction of sp³-hybridized carbons (Fsp3) is 0.357. The van der Waals surface area contributed by atoms with Crippen LogP contribution >= 0.6 is 27.3 Å². The van der Waals surface area contributed by atoms with E-state index in [-0.39, 0.29) is 0 Å². The van der Waals surface area contributed by atoms with E-state index in [1.54, 1.807) is 11.3 Å². The first-order valence-electron chi connectivity index (χ1n) is 6.14. The van der Waals surface area contributed by atoms with Gasteiger partial charge < -0.3 is 5.73 Å². The van der Waals surface area contributed by atoms with E-state index in [1.165, 1.54) is 5.01 Å². The second-order valence-corrected chi connectivity index (χ2v) is 6.12. The number of nitrogens with zero attached hydrogens (tertiary/aromatic N) is 1. The topological polar surface area (TPSA) is 38.9 Å². The Morgan fingerprint density at radius 2 is 2.17 bits per heavy atom. The van der Waals surface area contributed by atoms with Crippen LogP contribution in [0.15, 0.2) is 34.1 Å². The minimum Gasteiger partial charge on any atom is -0.330 e. The first-order valence-corrected chi connectivity index (χ1v) is 7.81. The van der Waals surface area contributed by atoms with Gasteiger partial charge in [0.05, 0.1) is 10.7 Å². The molecule has 1 aromatic carbocycles. The van der Waals surface area contributed by atoms with Crippen molar-refractivity contribution in [2.45, 2.75) is 19.8 Å². The molecule has 2 rings (SSSR count). The monoisotopic (exact) mass is 324 g/mol. The number of aromatic nitrogens is 1. The van der Waals surface area contributed by atoms with Crippen molar-refractivity contribution in [3.8, 4) is 11.3 Å². The maximum Gasteiger partial charge on any atom is 0.0935 e. The molecule has 0 saturated carbocycles. The van der Waals surface area contributed by atoms with Crippen molar-refractivity contribution in [2.75, 3.05) is 6.54 Å². The van der Waals surface area contributed by atoms with E-state index in [0.717, 1.165) is 35.1 Å². The van der Waals surface area contributed by atoms with Gasteiger partial charge in [-0.25, -0.2) is 4.98 Å². The molecule has 0 radical (unpaired) electrons. The van der Waals surface area contributed by atoms with Crippen LogP contribution in [0, 0.1) is 5.92 Å². The van der Waals surface area contributed by atoms with Gasteiger partial charge in [-0.15, -0.1) is 11.3 Å². The van der Waals surface area contributed by atoms with Crippen molar-refractivity contribution in [2.24, 2.45) is 11.7 Å². The zero-order valence-electron chi connectivity index (χ0n) is 10.4. The van der Waals surface area contributed by atoms with E-state index in [0.29, 0.717) is 5.92 Å². The maximum atomic E-state index is 5.74. The van der Waals surface area contributed by atoms with E-state index in [1.807, 2.05) is 18.2 Å². The average Bonchev–Trinajstić information content (AvgIpc) is 2.85. The normalized spacial score (nSPS) is 12.6. The van der Waals surface area contributed by atoms with Crippen LogP contribution in [0.5, 0.6) is 0 Å². The molecule has 0 spiro atoms. The zero-order chi connectivity index (χ0) is 13.0. The standard InChI is InChI=1S/C14H17BrN2S/c1-2-10(8-16)7-14-17-13(9-18-14)11-5-3-4-6-12(11)15/h3-6,9-10H,2,7-8,16H2,1H3. The fourth-order valence-corrected chi connectivity index (χ4v) is 3.24. The van der Waals surface area contributed by atoms with Gasteiger partial charge in [-0.3, -0.25) is 0 Å². The molecule has 2 N–H and O–H groups in total. The fourth-order valence-electron chi connectivity index (χ4n) is 1.84. The smallest absolute Gasteiger partial charge is 0.0935 e.